The number of halogens is 2. The van der Waals surface area contributed by atoms with Crippen molar-refractivity contribution in [3.8, 4) is 11.8 Å². The van der Waals surface area contributed by atoms with Gasteiger partial charge < -0.3 is 19.9 Å². The number of nitrogens with one attached hydrogen (secondary N) is 3. The highest BCUT2D eigenvalue weighted by molar-refractivity contribution is 14.0. The Labute approximate surface area is 189 Å². The minimum absolute atomic E-state index is 0. The van der Waals surface area contributed by atoms with Crippen LogP contribution in [0, 0.1) is 23.1 Å². The van der Waals surface area contributed by atoms with Gasteiger partial charge in [0.15, 0.2) is 11.4 Å². The van der Waals surface area contributed by atoms with Crippen molar-refractivity contribution in [3.63, 3.8) is 0 Å². The van der Waals surface area contributed by atoms with Crippen molar-refractivity contribution < 1.29 is 22.3 Å². The number of fused-ring (bicyclic) bond motifs is 2. The number of aryl methyl sites for hydroxylation is 1. The second kappa shape index (κ2) is 8.50. The Kier molecular flexibility index (Phi) is 6.37. The molecule has 0 radical (unpaired) electrons. The molecule has 3 heterocycles. The van der Waals surface area contributed by atoms with Gasteiger partial charge in [-0.1, -0.05) is 0 Å². The SMILES string of the molecule is Cn1cc2c(c1C(=O)Nc1ccc(F)c(C#N)c1)OC[C@@H]1CNC[C@@H]1NS2(=O)=O.I. The molecule has 0 spiro atoms. The summed E-state index contributed by atoms with van der Waals surface area (Å²) in [6.45, 7) is 1.35. The van der Waals surface area contributed by atoms with Gasteiger partial charge in [-0.25, -0.2) is 17.5 Å². The van der Waals surface area contributed by atoms with Gasteiger partial charge in [0.2, 0.25) is 10.0 Å². The summed E-state index contributed by atoms with van der Waals surface area (Å²) in [5.41, 5.74) is 0.000183. The lowest BCUT2D eigenvalue weighted by atomic mass is 10.1. The molecular weight excluding hydrogens is 528 g/mol. The van der Waals surface area contributed by atoms with Crippen molar-refractivity contribution in [1.29, 1.82) is 5.26 Å². The van der Waals surface area contributed by atoms with Crippen LogP contribution >= 0.6 is 24.0 Å². The molecule has 1 saturated heterocycles. The minimum Gasteiger partial charge on any atom is -0.489 e. The summed E-state index contributed by atoms with van der Waals surface area (Å²) in [7, 11) is -2.35. The zero-order chi connectivity index (χ0) is 20.8. The number of nitriles is 1. The van der Waals surface area contributed by atoms with E-state index in [9.17, 15) is 17.6 Å². The molecule has 0 aliphatic carbocycles. The van der Waals surface area contributed by atoms with Gasteiger partial charge in [0.05, 0.1) is 12.2 Å². The van der Waals surface area contributed by atoms with E-state index in [-0.39, 0.29) is 70.1 Å². The van der Waals surface area contributed by atoms with Gasteiger partial charge >= 0.3 is 0 Å². The first-order valence-electron chi connectivity index (χ1n) is 8.86. The lowest BCUT2D eigenvalue weighted by Crippen LogP contribution is -2.43. The van der Waals surface area contributed by atoms with Gasteiger partial charge in [-0.3, -0.25) is 4.79 Å². The van der Waals surface area contributed by atoms with Crippen LogP contribution < -0.4 is 20.1 Å². The van der Waals surface area contributed by atoms with E-state index in [1.807, 2.05) is 0 Å². The predicted octanol–water partition coefficient (Wildman–Crippen LogP) is 1.16. The summed E-state index contributed by atoms with van der Waals surface area (Å²) < 4.78 is 49.0. The highest BCUT2D eigenvalue weighted by atomic mass is 127. The average Bonchev–Trinajstić information content (AvgIpc) is 3.23. The normalized spacial score (nSPS) is 21.6. The standard InChI is InChI=1S/C18H18FN5O4S.HI/c1-24-8-15-17(28-9-11-6-21-7-14(11)23-29(15,26)27)16(24)18(25)22-12-2-3-13(19)10(4-12)5-20;/h2-4,8,11,14,21,23H,6-7,9H2,1H3,(H,22,25);1H/t11-,14-;/m0./s1. The Hall–Kier alpha value is -2.21. The molecule has 1 amide bonds. The second-order valence-electron chi connectivity index (χ2n) is 7.00. The van der Waals surface area contributed by atoms with Crippen molar-refractivity contribution >= 4 is 45.6 Å². The largest absolute Gasteiger partial charge is 0.489 e. The summed E-state index contributed by atoms with van der Waals surface area (Å²) in [6.07, 6.45) is 1.32. The molecule has 1 fully saturated rings. The van der Waals surface area contributed by atoms with Crippen LogP contribution in [0.5, 0.6) is 5.75 Å². The minimum atomic E-state index is -3.89. The Balaban J connectivity index is 0.00000256. The Morgan fingerprint density at radius 2 is 2.17 bits per heavy atom. The number of aromatic nitrogens is 1. The van der Waals surface area contributed by atoms with E-state index < -0.39 is 21.7 Å². The zero-order valence-electron chi connectivity index (χ0n) is 15.8. The van der Waals surface area contributed by atoms with Crippen molar-refractivity contribution in [2.75, 3.05) is 25.0 Å². The maximum absolute atomic E-state index is 13.5. The molecule has 1 aromatic carbocycles. The lowest BCUT2D eigenvalue weighted by Gasteiger charge is -2.24. The third-order valence-electron chi connectivity index (χ3n) is 5.04. The zero-order valence-corrected chi connectivity index (χ0v) is 19.0. The first-order chi connectivity index (χ1) is 13.8. The van der Waals surface area contributed by atoms with Crippen molar-refractivity contribution in [2.24, 2.45) is 13.0 Å². The second-order valence-corrected chi connectivity index (χ2v) is 8.68. The Morgan fingerprint density at radius 3 is 2.90 bits per heavy atom. The summed E-state index contributed by atoms with van der Waals surface area (Å²) in [5, 5.41) is 14.6. The number of rotatable bonds is 2. The van der Waals surface area contributed by atoms with E-state index in [0.717, 1.165) is 6.07 Å². The molecule has 2 atom stereocenters. The Morgan fingerprint density at radius 1 is 1.40 bits per heavy atom. The van der Waals surface area contributed by atoms with Crippen LogP contribution in [0.4, 0.5) is 10.1 Å². The number of carbonyl (C=O) groups excluding carboxylic acids is 1. The van der Waals surface area contributed by atoms with Gasteiger partial charge in [-0.15, -0.1) is 24.0 Å². The van der Waals surface area contributed by atoms with Crippen molar-refractivity contribution in [1.82, 2.24) is 14.6 Å². The monoisotopic (exact) mass is 547 g/mol. The number of hydrogen-bond acceptors (Lipinski definition) is 6. The van der Waals surface area contributed by atoms with Crippen LogP contribution in [-0.2, 0) is 17.1 Å². The van der Waals surface area contributed by atoms with Gasteiger partial charge in [0.25, 0.3) is 5.91 Å². The van der Waals surface area contributed by atoms with Crippen molar-refractivity contribution in [2.45, 2.75) is 10.9 Å². The number of benzene rings is 1. The predicted molar refractivity (Wildman–Crippen MR) is 116 cm³/mol. The molecule has 2 aliphatic heterocycles. The molecule has 12 heteroatoms. The fourth-order valence-corrected chi connectivity index (χ4v) is 5.05. The molecule has 30 heavy (non-hydrogen) atoms. The van der Waals surface area contributed by atoms with E-state index in [2.05, 4.69) is 15.4 Å². The molecule has 0 saturated carbocycles. The molecule has 160 valence electrons. The van der Waals surface area contributed by atoms with E-state index in [1.165, 1.54) is 29.9 Å². The van der Waals surface area contributed by atoms with Crippen LogP contribution in [0.1, 0.15) is 16.1 Å². The molecule has 0 bridgehead atoms. The highest BCUT2D eigenvalue weighted by Gasteiger charge is 2.38. The van der Waals surface area contributed by atoms with Crippen molar-refractivity contribution in [3.05, 3.63) is 41.5 Å². The van der Waals surface area contributed by atoms with Crippen LogP contribution in [0.2, 0.25) is 0 Å². The van der Waals surface area contributed by atoms with E-state index >= 15 is 0 Å². The molecule has 0 unspecified atom stereocenters. The molecule has 2 aromatic rings. The topological polar surface area (TPSA) is 125 Å². The summed E-state index contributed by atoms with van der Waals surface area (Å²) in [4.78, 5) is 12.8. The lowest BCUT2D eigenvalue weighted by molar-refractivity contribution is 0.101. The maximum Gasteiger partial charge on any atom is 0.276 e. The maximum atomic E-state index is 13.5. The highest BCUT2D eigenvalue weighted by Crippen LogP contribution is 2.33. The number of nitrogens with zero attached hydrogens (tertiary/aromatic N) is 2. The van der Waals surface area contributed by atoms with Gasteiger partial charge in [-0.05, 0) is 18.2 Å². The number of hydrogen-bond donors (Lipinski definition) is 3. The molecule has 1 aromatic heterocycles. The molecule has 4 rings (SSSR count). The fourth-order valence-electron chi connectivity index (χ4n) is 3.55. The summed E-state index contributed by atoms with van der Waals surface area (Å²) in [6, 6.07) is 5.01. The van der Waals surface area contributed by atoms with E-state index in [0.29, 0.717) is 13.1 Å². The van der Waals surface area contributed by atoms with Crippen LogP contribution in [0.15, 0.2) is 29.3 Å². The first-order valence-corrected chi connectivity index (χ1v) is 10.3. The average molecular weight is 547 g/mol. The van der Waals surface area contributed by atoms with E-state index in [4.69, 9.17) is 10.00 Å². The molecule has 3 N–H and O–H groups in total. The van der Waals surface area contributed by atoms with Crippen LogP contribution in [-0.4, -0.2) is 44.6 Å². The number of anilines is 1. The summed E-state index contributed by atoms with van der Waals surface area (Å²) >= 11 is 0. The first kappa shape index (κ1) is 22.5. The summed E-state index contributed by atoms with van der Waals surface area (Å²) in [5.74, 6) is -1.44. The van der Waals surface area contributed by atoms with E-state index in [1.54, 1.807) is 6.07 Å². The van der Waals surface area contributed by atoms with Gasteiger partial charge in [0.1, 0.15) is 16.8 Å². The molecule has 2 aliphatic rings. The molecule has 9 nitrogen and oxygen atoms in total. The number of amides is 1. The van der Waals surface area contributed by atoms with Gasteiger partial charge in [0, 0.05) is 44.0 Å². The number of ether oxygens (including phenoxy) is 1. The van der Waals surface area contributed by atoms with Crippen LogP contribution in [0.3, 0.4) is 0 Å². The Bertz CT molecular complexity index is 1140. The van der Waals surface area contributed by atoms with Gasteiger partial charge in [-0.2, -0.15) is 5.26 Å². The third-order valence-corrected chi connectivity index (χ3v) is 6.52. The van der Waals surface area contributed by atoms with Crippen LogP contribution in [0.25, 0.3) is 0 Å². The number of carbonyl (C=O) groups is 1. The quantitative estimate of drug-likeness (QED) is 0.485. The smallest absolute Gasteiger partial charge is 0.276 e. The fraction of sp³-hybridized carbons (Fsp3) is 0.333. The number of sulfonamides is 1. The molecular formula is C18H19FIN5O4S. The third kappa shape index (κ3) is 4.02.